The number of carbonyl (C=O) groups is 1. The molecular weight excluding hydrogens is 424 g/mol. The fourth-order valence-electron chi connectivity index (χ4n) is 2.76. The van der Waals surface area contributed by atoms with Gasteiger partial charge in [-0.25, -0.2) is 8.42 Å². The molecule has 2 aromatic rings. The van der Waals surface area contributed by atoms with E-state index in [0.717, 1.165) is 10.2 Å². The van der Waals surface area contributed by atoms with Crippen molar-refractivity contribution in [2.75, 3.05) is 26.2 Å². The Morgan fingerprint density at radius 2 is 1.72 bits per heavy atom. The van der Waals surface area contributed by atoms with E-state index in [1.54, 1.807) is 17.0 Å². The highest BCUT2D eigenvalue weighted by atomic mass is 79.9. The van der Waals surface area contributed by atoms with Gasteiger partial charge in [-0.05, 0) is 52.2 Å². The van der Waals surface area contributed by atoms with E-state index in [1.165, 1.54) is 21.2 Å². The number of aryl methyl sites for hydroxylation is 1. The molecule has 0 radical (unpaired) electrons. The summed E-state index contributed by atoms with van der Waals surface area (Å²) in [6.07, 6.45) is 0.934. The summed E-state index contributed by atoms with van der Waals surface area (Å²) >= 11 is 4.50. The minimum Gasteiger partial charge on any atom is -0.336 e. The van der Waals surface area contributed by atoms with E-state index in [4.69, 9.17) is 0 Å². The van der Waals surface area contributed by atoms with Gasteiger partial charge in [0.05, 0.1) is 3.79 Å². The largest absolute Gasteiger partial charge is 0.336 e. The first kappa shape index (κ1) is 18.6. The minimum absolute atomic E-state index is 0.0430. The van der Waals surface area contributed by atoms with Gasteiger partial charge in [-0.15, -0.1) is 11.3 Å². The lowest BCUT2D eigenvalue weighted by Gasteiger charge is -2.33. The zero-order valence-corrected chi connectivity index (χ0v) is 17.0. The van der Waals surface area contributed by atoms with Crippen LogP contribution in [0.4, 0.5) is 0 Å². The SMILES string of the molecule is CCc1ccc(C(=O)N2CCN(S(=O)(=O)c3ccc(Br)s3)CC2)cc1. The molecule has 1 amide bonds. The van der Waals surface area contributed by atoms with Crippen LogP contribution in [0.3, 0.4) is 0 Å². The summed E-state index contributed by atoms with van der Waals surface area (Å²) in [6, 6.07) is 10.9. The van der Waals surface area contributed by atoms with Gasteiger partial charge in [0.25, 0.3) is 15.9 Å². The Morgan fingerprint density at radius 3 is 2.24 bits per heavy atom. The molecule has 25 heavy (non-hydrogen) atoms. The molecular formula is C17H19BrN2O3S2. The van der Waals surface area contributed by atoms with Crippen LogP contribution in [0.1, 0.15) is 22.8 Å². The number of thiophene rings is 1. The molecule has 0 aliphatic carbocycles. The smallest absolute Gasteiger partial charge is 0.253 e. The van der Waals surface area contributed by atoms with Gasteiger partial charge < -0.3 is 4.90 Å². The second-order valence-electron chi connectivity index (χ2n) is 5.81. The van der Waals surface area contributed by atoms with Crippen molar-refractivity contribution in [3.63, 3.8) is 0 Å². The van der Waals surface area contributed by atoms with Crippen molar-refractivity contribution in [2.45, 2.75) is 17.6 Å². The first-order valence-corrected chi connectivity index (χ1v) is 11.1. The van der Waals surface area contributed by atoms with Crippen LogP contribution in [0.5, 0.6) is 0 Å². The van der Waals surface area contributed by atoms with Crippen LogP contribution in [0.15, 0.2) is 44.4 Å². The molecule has 2 heterocycles. The van der Waals surface area contributed by atoms with Gasteiger partial charge in [0.15, 0.2) is 0 Å². The molecule has 3 rings (SSSR count). The number of benzene rings is 1. The number of halogens is 1. The van der Waals surface area contributed by atoms with Crippen molar-refractivity contribution in [1.29, 1.82) is 0 Å². The number of rotatable bonds is 4. The zero-order valence-electron chi connectivity index (χ0n) is 13.8. The molecule has 8 heteroatoms. The maximum atomic E-state index is 12.6. The molecule has 0 atom stereocenters. The third-order valence-corrected chi connectivity index (χ3v) is 8.27. The summed E-state index contributed by atoms with van der Waals surface area (Å²) in [6.45, 7) is 3.51. The van der Waals surface area contributed by atoms with Crippen molar-refractivity contribution in [2.24, 2.45) is 0 Å². The van der Waals surface area contributed by atoms with E-state index in [1.807, 2.05) is 24.3 Å². The number of sulfonamides is 1. The van der Waals surface area contributed by atoms with E-state index in [0.29, 0.717) is 36.0 Å². The van der Waals surface area contributed by atoms with Crippen LogP contribution < -0.4 is 0 Å². The summed E-state index contributed by atoms with van der Waals surface area (Å²) in [5.74, 6) is -0.0430. The summed E-state index contributed by atoms with van der Waals surface area (Å²) in [4.78, 5) is 14.3. The lowest BCUT2D eigenvalue weighted by atomic mass is 10.1. The molecule has 0 spiro atoms. The standard InChI is InChI=1S/C17H19BrN2O3S2/c1-2-13-3-5-14(6-4-13)17(21)19-9-11-20(12-10-19)25(22,23)16-8-7-15(18)24-16/h3-8H,2,9-12H2,1H3. The van der Waals surface area contributed by atoms with E-state index < -0.39 is 10.0 Å². The maximum absolute atomic E-state index is 12.6. The number of piperazine rings is 1. The number of hydrogen-bond donors (Lipinski definition) is 0. The lowest BCUT2D eigenvalue weighted by Crippen LogP contribution is -2.50. The molecule has 1 saturated heterocycles. The van der Waals surface area contributed by atoms with Crippen molar-refractivity contribution in [3.05, 3.63) is 51.3 Å². The van der Waals surface area contributed by atoms with Crippen LogP contribution in [0.2, 0.25) is 0 Å². The van der Waals surface area contributed by atoms with E-state index in [2.05, 4.69) is 22.9 Å². The summed E-state index contributed by atoms with van der Waals surface area (Å²) in [5, 5.41) is 0. The third kappa shape index (κ3) is 3.97. The Bertz CT molecular complexity index is 854. The first-order chi connectivity index (χ1) is 11.9. The maximum Gasteiger partial charge on any atom is 0.253 e. The molecule has 134 valence electrons. The van der Waals surface area contributed by atoms with E-state index in [9.17, 15) is 13.2 Å². The molecule has 0 unspecified atom stereocenters. The van der Waals surface area contributed by atoms with Gasteiger partial charge >= 0.3 is 0 Å². The first-order valence-electron chi connectivity index (χ1n) is 8.05. The normalized spacial score (nSPS) is 16.2. The molecule has 0 saturated carbocycles. The average Bonchev–Trinajstić information content (AvgIpc) is 3.08. The number of hydrogen-bond acceptors (Lipinski definition) is 4. The lowest BCUT2D eigenvalue weighted by molar-refractivity contribution is 0.0698. The molecule has 0 bridgehead atoms. The second kappa shape index (κ2) is 7.57. The average molecular weight is 443 g/mol. The molecule has 0 N–H and O–H groups in total. The number of nitrogens with zero attached hydrogens (tertiary/aromatic N) is 2. The van der Waals surface area contributed by atoms with Crippen molar-refractivity contribution in [3.8, 4) is 0 Å². The Labute approximate surface area is 160 Å². The zero-order chi connectivity index (χ0) is 18.0. The van der Waals surface area contributed by atoms with Crippen molar-refractivity contribution < 1.29 is 13.2 Å². The van der Waals surface area contributed by atoms with Crippen LogP contribution in [-0.4, -0.2) is 49.7 Å². The van der Waals surface area contributed by atoms with Gasteiger partial charge in [-0.1, -0.05) is 19.1 Å². The summed E-state index contributed by atoms with van der Waals surface area (Å²) in [7, 11) is -3.48. The predicted octanol–water partition coefficient (Wildman–Crippen LogP) is 3.22. The quantitative estimate of drug-likeness (QED) is 0.729. The summed E-state index contributed by atoms with van der Waals surface area (Å²) in [5.41, 5.74) is 1.84. The van der Waals surface area contributed by atoms with Gasteiger partial charge in [0.2, 0.25) is 0 Å². The molecule has 1 aromatic heterocycles. The molecule has 1 aromatic carbocycles. The van der Waals surface area contributed by atoms with Gasteiger partial charge in [-0.2, -0.15) is 4.31 Å². The minimum atomic E-state index is -3.48. The number of amides is 1. The predicted molar refractivity (Wildman–Crippen MR) is 103 cm³/mol. The fraction of sp³-hybridized carbons (Fsp3) is 0.353. The van der Waals surface area contributed by atoms with Crippen LogP contribution >= 0.6 is 27.3 Å². The van der Waals surface area contributed by atoms with E-state index >= 15 is 0 Å². The molecule has 1 aliphatic rings. The van der Waals surface area contributed by atoms with Crippen LogP contribution in [0, 0.1) is 0 Å². The van der Waals surface area contributed by atoms with E-state index in [-0.39, 0.29) is 5.91 Å². The van der Waals surface area contributed by atoms with Gasteiger partial charge in [-0.3, -0.25) is 4.79 Å². The van der Waals surface area contributed by atoms with Crippen LogP contribution in [0.25, 0.3) is 0 Å². The highest BCUT2D eigenvalue weighted by molar-refractivity contribution is 9.11. The summed E-state index contributed by atoms with van der Waals surface area (Å²) < 4.78 is 27.8. The van der Waals surface area contributed by atoms with Gasteiger partial charge in [0, 0.05) is 31.7 Å². The number of carbonyl (C=O) groups excluding carboxylic acids is 1. The Hall–Kier alpha value is -1.22. The van der Waals surface area contributed by atoms with Crippen molar-refractivity contribution in [1.82, 2.24) is 9.21 Å². The monoisotopic (exact) mass is 442 g/mol. The molecule has 1 aliphatic heterocycles. The Balaban J connectivity index is 1.66. The Kier molecular flexibility index (Phi) is 5.62. The topological polar surface area (TPSA) is 57.7 Å². The van der Waals surface area contributed by atoms with Crippen molar-refractivity contribution >= 4 is 43.2 Å². The highest BCUT2D eigenvalue weighted by Gasteiger charge is 2.31. The van der Waals surface area contributed by atoms with Crippen LogP contribution in [-0.2, 0) is 16.4 Å². The third-order valence-electron chi connectivity index (χ3n) is 4.28. The Morgan fingerprint density at radius 1 is 1.08 bits per heavy atom. The van der Waals surface area contributed by atoms with Gasteiger partial charge in [0.1, 0.15) is 4.21 Å². The second-order valence-corrected chi connectivity index (χ2v) is 10.4. The molecule has 1 fully saturated rings. The fourth-order valence-corrected chi connectivity index (χ4v) is 6.35. The highest BCUT2D eigenvalue weighted by Crippen LogP contribution is 2.29. The molecule has 5 nitrogen and oxygen atoms in total.